The Balaban J connectivity index is 1.70. The van der Waals surface area contributed by atoms with E-state index in [1.54, 1.807) is 12.1 Å². The molecule has 2 nitrogen and oxygen atoms in total. The lowest BCUT2D eigenvalue weighted by Gasteiger charge is -2.25. The van der Waals surface area contributed by atoms with E-state index in [4.69, 9.17) is 10.00 Å². The monoisotopic (exact) mass is 269 g/mol. The Morgan fingerprint density at radius 1 is 1.20 bits per heavy atom. The first-order valence-electron chi connectivity index (χ1n) is 7.61. The Morgan fingerprint density at radius 2 is 1.90 bits per heavy atom. The van der Waals surface area contributed by atoms with Crippen molar-refractivity contribution < 1.29 is 4.74 Å². The predicted octanol–water partition coefficient (Wildman–Crippen LogP) is 4.71. The van der Waals surface area contributed by atoms with Crippen LogP contribution in [0.3, 0.4) is 0 Å². The van der Waals surface area contributed by atoms with Crippen molar-refractivity contribution in [3.05, 3.63) is 42.0 Å². The Hall–Kier alpha value is -1.75. The van der Waals surface area contributed by atoms with E-state index in [0.29, 0.717) is 12.2 Å². The van der Waals surface area contributed by atoms with Crippen LogP contribution in [0.15, 0.2) is 36.4 Å². The van der Waals surface area contributed by atoms with Crippen LogP contribution < -0.4 is 4.74 Å². The number of allylic oxidation sites excluding steroid dienone is 1. The van der Waals surface area contributed by atoms with Gasteiger partial charge < -0.3 is 4.74 Å². The lowest BCUT2D eigenvalue weighted by atomic mass is 9.81. The van der Waals surface area contributed by atoms with Gasteiger partial charge >= 0.3 is 0 Å². The Labute approximate surface area is 122 Å². The minimum Gasteiger partial charge on any atom is -0.490 e. The summed E-state index contributed by atoms with van der Waals surface area (Å²) >= 11 is 0. The molecule has 106 valence electrons. The number of ether oxygens (including phenoxy) is 1. The van der Waals surface area contributed by atoms with Crippen molar-refractivity contribution >= 4 is 0 Å². The molecule has 1 aliphatic carbocycles. The van der Waals surface area contributed by atoms with Gasteiger partial charge in [-0.25, -0.2) is 0 Å². The smallest absolute Gasteiger partial charge is 0.119 e. The summed E-state index contributed by atoms with van der Waals surface area (Å²) in [5, 5.41) is 8.72. The number of benzene rings is 1. The number of hydrogen-bond acceptors (Lipinski definition) is 2. The molecule has 20 heavy (non-hydrogen) atoms. The molecule has 0 amide bonds. The molecule has 0 bridgehead atoms. The zero-order valence-electron chi connectivity index (χ0n) is 12.2. The van der Waals surface area contributed by atoms with Crippen LogP contribution in [0.25, 0.3) is 0 Å². The number of nitriles is 1. The van der Waals surface area contributed by atoms with E-state index in [2.05, 4.69) is 25.1 Å². The molecule has 2 rings (SSSR count). The molecule has 1 fully saturated rings. The van der Waals surface area contributed by atoms with Gasteiger partial charge in [0.2, 0.25) is 0 Å². The van der Waals surface area contributed by atoms with Crippen LogP contribution >= 0.6 is 0 Å². The van der Waals surface area contributed by atoms with Crippen molar-refractivity contribution in [1.82, 2.24) is 0 Å². The molecule has 0 spiro atoms. The summed E-state index contributed by atoms with van der Waals surface area (Å²) in [6.07, 6.45) is 11.2. The number of hydrogen-bond donors (Lipinski definition) is 0. The fourth-order valence-electron chi connectivity index (χ4n) is 2.81. The standard InChI is InChI=1S/C18H23NO/c1-2-15-5-7-16(8-6-15)4-3-13-20-18-11-9-17(14-19)10-12-18/h3-4,9-12,15-16H,2,5-8,13H2,1H3. The summed E-state index contributed by atoms with van der Waals surface area (Å²) in [7, 11) is 0. The van der Waals surface area contributed by atoms with Gasteiger partial charge in [0, 0.05) is 0 Å². The SMILES string of the molecule is CCC1CCC(C=CCOc2ccc(C#N)cc2)CC1. The molecular formula is C18H23NO. The maximum atomic E-state index is 8.72. The topological polar surface area (TPSA) is 33.0 Å². The van der Waals surface area contributed by atoms with E-state index in [9.17, 15) is 0 Å². The summed E-state index contributed by atoms with van der Waals surface area (Å²) < 4.78 is 5.64. The zero-order valence-corrected chi connectivity index (χ0v) is 12.2. The third kappa shape index (κ3) is 4.42. The average molecular weight is 269 g/mol. The molecule has 0 heterocycles. The molecule has 1 aromatic carbocycles. The first kappa shape index (κ1) is 14.7. The minimum absolute atomic E-state index is 0.611. The minimum atomic E-state index is 0.611. The van der Waals surface area contributed by atoms with Gasteiger partial charge in [-0.3, -0.25) is 0 Å². The summed E-state index contributed by atoms with van der Waals surface area (Å²) in [6.45, 7) is 2.91. The van der Waals surface area contributed by atoms with Crippen molar-refractivity contribution in [3.8, 4) is 11.8 Å². The molecule has 0 atom stereocenters. The maximum absolute atomic E-state index is 8.72. The van der Waals surface area contributed by atoms with Crippen LogP contribution in [0.2, 0.25) is 0 Å². The lowest BCUT2D eigenvalue weighted by Crippen LogP contribution is -2.12. The molecule has 0 N–H and O–H groups in total. The highest BCUT2D eigenvalue weighted by Gasteiger charge is 2.17. The normalized spacial score (nSPS) is 22.6. The Morgan fingerprint density at radius 3 is 2.50 bits per heavy atom. The van der Waals surface area contributed by atoms with E-state index in [1.807, 2.05) is 12.1 Å². The molecule has 0 unspecified atom stereocenters. The third-order valence-corrected chi connectivity index (χ3v) is 4.21. The summed E-state index contributed by atoms with van der Waals surface area (Å²) in [5.74, 6) is 2.51. The fourth-order valence-corrected chi connectivity index (χ4v) is 2.81. The van der Waals surface area contributed by atoms with Crippen LogP contribution in [0.1, 0.15) is 44.6 Å². The molecule has 0 aliphatic heterocycles. The van der Waals surface area contributed by atoms with E-state index < -0.39 is 0 Å². The van der Waals surface area contributed by atoms with Crippen molar-refractivity contribution in [2.24, 2.45) is 11.8 Å². The van der Waals surface area contributed by atoms with Crippen LogP contribution in [-0.4, -0.2) is 6.61 Å². The Bertz CT molecular complexity index is 461. The summed E-state index contributed by atoms with van der Waals surface area (Å²) in [6, 6.07) is 9.36. The highest BCUT2D eigenvalue weighted by molar-refractivity contribution is 5.34. The first-order valence-corrected chi connectivity index (χ1v) is 7.61. The van der Waals surface area contributed by atoms with E-state index in [0.717, 1.165) is 17.6 Å². The van der Waals surface area contributed by atoms with Crippen molar-refractivity contribution in [2.75, 3.05) is 6.61 Å². The van der Waals surface area contributed by atoms with Crippen molar-refractivity contribution in [2.45, 2.75) is 39.0 Å². The fraction of sp³-hybridized carbons (Fsp3) is 0.500. The average Bonchev–Trinajstić information content (AvgIpc) is 2.53. The zero-order chi connectivity index (χ0) is 14.2. The van der Waals surface area contributed by atoms with E-state index in [-0.39, 0.29) is 0 Å². The van der Waals surface area contributed by atoms with Gasteiger partial charge in [0.05, 0.1) is 11.6 Å². The van der Waals surface area contributed by atoms with Crippen LogP contribution in [0.4, 0.5) is 0 Å². The Kier molecular flexibility index (Phi) is 5.68. The van der Waals surface area contributed by atoms with Crippen LogP contribution in [0, 0.1) is 23.2 Å². The van der Waals surface area contributed by atoms with Crippen molar-refractivity contribution in [1.29, 1.82) is 5.26 Å². The largest absolute Gasteiger partial charge is 0.490 e. The number of nitrogens with zero attached hydrogens (tertiary/aromatic N) is 1. The third-order valence-electron chi connectivity index (χ3n) is 4.21. The van der Waals surface area contributed by atoms with Gasteiger partial charge in [-0.05, 0) is 61.8 Å². The van der Waals surface area contributed by atoms with E-state index >= 15 is 0 Å². The van der Waals surface area contributed by atoms with Gasteiger partial charge in [-0.1, -0.05) is 25.5 Å². The molecule has 0 saturated heterocycles. The van der Waals surface area contributed by atoms with Gasteiger partial charge in [0.25, 0.3) is 0 Å². The van der Waals surface area contributed by atoms with Crippen molar-refractivity contribution in [3.63, 3.8) is 0 Å². The van der Waals surface area contributed by atoms with Gasteiger partial charge in [-0.2, -0.15) is 5.26 Å². The lowest BCUT2D eigenvalue weighted by molar-refractivity contribution is 0.301. The second-order valence-electron chi connectivity index (χ2n) is 5.56. The quantitative estimate of drug-likeness (QED) is 0.725. The predicted molar refractivity (Wildman–Crippen MR) is 81.5 cm³/mol. The van der Waals surface area contributed by atoms with Gasteiger partial charge in [0.1, 0.15) is 12.4 Å². The van der Waals surface area contributed by atoms with Gasteiger partial charge in [-0.15, -0.1) is 0 Å². The molecule has 2 heteroatoms. The van der Waals surface area contributed by atoms with E-state index in [1.165, 1.54) is 32.1 Å². The molecule has 1 saturated carbocycles. The summed E-state index contributed by atoms with van der Waals surface area (Å²) in [5.41, 5.74) is 0.667. The van der Waals surface area contributed by atoms with Crippen LogP contribution in [-0.2, 0) is 0 Å². The summed E-state index contributed by atoms with van der Waals surface area (Å²) in [4.78, 5) is 0. The second-order valence-corrected chi connectivity index (χ2v) is 5.56. The second kappa shape index (κ2) is 7.75. The highest BCUT2D eigenvalue weighted by Crippen LogP contribution is 2.31. The maximum Gasteiger partial charge on any atom is 0.119 e. The molecule has 1 aliphatic rings. The molecular weight excluding hydrogens is 246 g/mol. The molecule has 1 aromatic rings. The first-order chi connectivity index (χ1) is 9.81. The molecule has 0 radical (unpaired) electrons. The molecule has 0 aromatic heterocycles. The van der Waals surface area contributed by atoms with Gasteiger partial charge in [0.15, 0.2) is 0 Å². The van der Waals surface area contributed by atoms with Crippen LogP contribution in [0.5, 0.6) is 5.75 Å². The highest BCUT2D eigenvalue weighted by atomic mass is 16.5. The number of rotatable bonds is 5.